The van der Waals surface area contributed by atoms with Crippen molar-refractivity contribution in [1.82, 2.24) is 0 Å². The van der Waals surface area contributed by atoms with Crippen molar-refractivity contribution >= 4 is 39.0 Å². The van der Waals surface area contributed by atoms with Gasteiger partial charge in [0.25, 0.3) is 0 Å². The Labute approximate surface area is 124 Å². The van der Waals surface area contributed by atoms with Crippen LogP contribution in [0.2, 0.25) is 5.02 Å². The second kappa shape index (κ2) is 5.63. The van der Waals surface area contributed by atoms with Gasteiger partial charge >= 0.3 is 0 Å². The summed E-state index contributed by atoms with van der Waals surface area (Å²) in [6.45, 7) is 0. The molecule has 0 aliphatic rings. The third kappa shape index (κ3) is 2.74. The highest BCUT2D eigenvalue weighted by Crippen LogP contribution is 2.31. The van der Waals surface area contributed by atoms with Gasteiger partial charge in [0.1, 0.15) is 5.75 Å². The number of ether oxygens (including phenoxy) is 1. The Morgan fingerprint density at radius 1 is 1.26 bits per heavy atom. The molecule has 0 amide bonds. The Kier molecular flexibility index (Phi) is 4.12. The van der Waals surface area contributed by atoms with Gasteiger partial charge in [-0.1, -0.05) is 33.6 Å². The highest BCUT2D eigenvalue weighted by atomic mass is 79.9. The predicted octanol–water partition coefficient (Wildman–Crippen LogP) is 3.92. The minimum Gasteiger partial charge on any atom is -0.495 e. The van der Waals surface area contributed by atoms with Crippen LogP contribution in [-0.4, -0.2) is 12.9 Å². The smallest absolute Gasteiger partial charge is 0.196 e. The van der Waals surface area contributed by atoms with Crippen molar-refractivity contribution in [2.75, 3.05) is 12.8 Å². The first-order valence-corrected chi connectivity index (χ1v) is 6.64. The first-order valence-electron chi connectivity index (χ1n) is 5.47. The number of anilines is 1. The Hall–Kier alpha value is -1.52. The highest BCUT2D eigenvalue weighted by molar-refractivity contribution is 9.10. The summed E-state index contributed by atoms with van der Waals surface area (Å²) in [6, 6.07) is 10.2. The van der Waals surface area contributed by atoms with Crippen LogP contribution in [0.5, 0.6) is 5.75 Å². The van der Waals surface area contributed by atoms with E-state index in [1.54, 1.807) is 36.4 Å². The van der Waals surface area contributed by atoms with E-state index in [1.807, 2.05) is 0 Å². The Bertz CT molecular complexity index is 643. The molecular weight excluding hydrogens is 330 g/mol. The lowest BCUT2D eigenvalue weighted by molar-refractivity contribution is 0.103. The topological polar surface area (TPSA) is 52.3 Å². The van der Waals surface area contributed by atoms with Gasteiger partial charge < -0.3 is 10.5 Å². The molecule has 0 bridgehead atoms. The zero-order chi connectivity index (χ0) is 14.0. The second-order valence-corrected chi connectivity index (χ2v) is 5.18. The number of hydrogen-bond donors (Lipinski definition) is 1. The molecule has 2 rings (SSSR count). The quantitative estimate of drug-likeness (QED) is 0.680. The molecule has 0 fully saturated rings. The summed E-state index contributed by atoms with van der Waals surface area (Å²) >= 11 is 9.47. The molecule has 0 saturated heterocycles. The average Bonchev–Trinajstić information content (AvgIpc) is 2.41. The summed E-state index contributed by atoms with van der Waals surface area (Å²) in [5, 5.41) is 0.286. The van der Waals surface area contributed by atoms with Gasteiger partial charge in [-0.3, -0.25) is 4.79 Å². The molecule has 0 unspecified atom stereocenters. The van der Waals surface area contributed by atoms with Crippen molar-refractivity contribution in [2.45, 2.75) is 0 Å². The third-order valence-corrected chi connectivity index (χ3v) is 3.57. The van der Waals surface area contributed by atoms with Crippen molar-refractivity contribution in [2.24, 2.45) is 0 Å². The summed E-state index contributed by atoms with van der Waals surface area (Å²) in [6.07, 6.45) is 0. The normalized spacial score (nSPS) is 10.3. The van der Waals surface area contributed by atoms with Crippen LogP contribution in [0.3, 0.4) is 0 Å². The Morgan fingerprint density at radius 3 is 2.68 bits per heavy atom. The maximum Gasteiger partial charge on any atom is 0.196 e. The van der Waals surface area contributed by atoms with Crippen LogP contribution in [0.15, 0.2) is 40.9 Å². The number of rotatable bonds is 3. The standard InChI is InChI=1S/C14H11BrClNO2/c1-19-12-4-2-3-9(13(12)16)14(18)10-7-8(15)5-6-11(10)17/h2-7H,17H2,1H3. The molecule has 2 N–H and O–H groups in total. The summed E-state index contributed by atoms with van der Waals surface area (Å²) < 4.78 is 5.88. The van der Waals surface area contributed by atoms with E-state index in [4.69, 9.17) is 22.1 Å². The van der Waals surface area contributed by atoms with Gasteiger partial charge in [-0.15, -0.1) is 0 Å². The van der Waals surface area contributed by atoms with Crippen LogP contribution < -0.4 is 10.5 Å². The number of carbonyl (C=O) groups is 1. The predicted molar refractivity (Wildman–Crippen MR) is 80.0 cm³/mol. The molecule has 0 saturated carbocycles. The SMILES string of the molecule is COc1cccc(C(=O)c2cc(Br)ccc2N)c1Cl. The zero-order valence-corrected chi connectivity index (χ0v) is 12.5. The molecule has 5 heteroatoms. The lowest BCUT2D eigenvalue weighted by atomic mass is 10.0. The molecule has 0 radical (unpaired) electrons. The van der Waals surface area contributed by atoms with E-state index in [0.29, 0.717) is 22.6 Å². The number of nitrogens with two attached hydrogens (primary N) is 1. The molecule has 0 heterocycles. The van der Waals surface area contributed by atoms with Gasteiger partial charge in [0, 0.05) is 21.3 Å². The van der Waals surface area contributed by atoms with Crippen LogP contribution in [-0.2, 0) is 0 Å². The van der Waals surface area contributed by atoms with Crippen LogP contribution >= 0.6 is 27.5 Å². The number of nitrogen functional groups attached to an aromatic ring is 1. The molecule has 98 valence electrons. The number of benzene rings is 2. The summed E-state index contributed by atoms with van der Waals surface area (Å²) in [5.74, 6) is 0.226. The molecule has 2 aromatic carbocycles. The molecular formula is C14H11BrClNO2. The molecule has 0 spiro atoms. The van der Waals surface area contributed by atoms with Crippen LogP contribution in [0.1, 0.15) is 15.9 Å². The monoisotopic (exact) mass is 339 g/mol. The van der Waals surface area contributed by atoms with Gasteiger partial charge in [-0.25, -0.2) is 0 Å². The van der Waals surface area contributed by atoms with Crippen molar-refractivity contribution in [3.8, 4) is 5.75 Å². The summed E-state index contributed by atoms with van der Waals surface area (Å²) in [4.78, 5) is 12.5. The third-order valence-electron chi connectivity index (χ3n) is 2.69. The van der Waals surface area contributed by atoms with E-state index in [2.05, 4.69) is 15.9 Å². The Morgan fingerprint density at radius 2 is 2.00 bits per heavy atom. The zero-order valence-electron chi connectivity index (χ0n) is 10.1. The number of hydrogen-bond acceptors (Lipinski definition) is 3. The van der Waals surface area contributed by atoms with Crippen molar-refractivity contribution in [3.63, 3.8) is 0 Å². The molecule has 0 aliphatic heterocycles. The summed E-state index contributed by atoms with van der Waals surface area (Å²) in [7, 11) is 1.50. The minimum atomic E-state index is -0.234. The van der Waals surface area contributed by atoms with Gasteiger partial charge in [0.2, 0.25) is 0 Å². The first kappa shape index (κ1) is 13.9. The fraction of sp³-hybridized carbons (Fsp3) is 0.0714. The van der Waals surface area contributed by atoms with E-state index in [9.17, 15) is 4.79 Å². The van der Waals surface area contributed by atoms with Crippen molar-refractivity contribution < 1.29 is 9.53 Å². The van der Waals surface area contributed by atoms with Crippen LogP contribution in [0.25, 0.3) is 0 Å². The fourth-order valence-electron chi connectivity index (χ4n) is 1.71. The molecule has 0 atom stereocenters. The molecule has 19 heavy (non-hydrogen) atoms. The van der Waals surface area contributed by atoms with Gasteiger partial charge in [-0.2, -0.15) is 0 Å². The number of carbonyl (C=O) groups excluding carboxylic acids is 1. The van der Waals surface area contributed by atoms with Gasteiger partial charge in [0.15, 0.2) is 5.78 Å². The minimum absolute atomic E-state index is 0.234. The summed E-state index contributed by atoms with van der Waals surface area (Å²) in [5.41, 5.74) is 7.02. The average molecular weight is 341 g/mol. The first-order chi connectivity index (χ1) is 9.04. The van der Waals surface area contributed by atoms with Gasteiger partial charge in [-0.05, 0) is 30.3 Å². The van der Waals surface area contributed by atoms with E-state index in [1.165, 1.54) is 7.11 Å². The molecule has 0 aliphatic carbocycles. The second-order valence-electron chi connectivity index (χ2n) is 3.88. The van der Waals surface area contributed by atoms with Crippen LogP contribution in [0.4, 0.5) is 5.69 Å². The molecule has 3 nitrogen and oxygen atoms in total. The molecule has 2 aromatic rings. The van der Waals surface area contributed by atoms with E-state index in [-0.39, 0.29) is 10.8 Å². The number of methoxy groups -OCH3 is 1. The number of ketones is 1. The lowest BCUT2D eigenvalue weighted by Gasteiger charge is -2.09. The molecule has 0 aromatic heterocycles. The fourth-order valence-corrected chi connectivity index (χ4v) is 2.36. The van der Waals surface area contributed by atoms with E-state index in [0.717, 1.165) is 4.47 Å². The maximum atomic E-state index is 12.5. The largest absolute Gasteiger partial charge is 0.495 e. The van der Waals surface area contributed by atoms with E-state index >= 15 is 0 Å². The van der Waals surface area contributed by atoms with Crippen LogP contribution in [0, 0.1) is 0 Å². The Balaban J connectivity index is 2.53. The highest BCUT2D eigenvalue weighted by Gasteiger charge is 2.18. The van der Waals surface area contributed by atoms with Crippen molar-refractivity contribution in [1.29, 1.82) is 0 Å². The van der Waals surface area contributed by atoms with E-state index < -0.39 is 0 Å². The van der Waals surface area contributed by atoms with Gasteiger partial charge in [0.05, 0.1) is 12.1 Å². The maximum absolute atomic E-state index is 12.5. The lowest BCUT2D eigenvalue weighted by Crippen LogP contribution is -2.06. The van der Waals surface area contributed by atoms with Crippen molar-refractivity contribution in [3.05, 3.63) is 57.0 Å². The number of halogens is 2.